The molecule has 1 aromatic carbocycles. The van der Waals surface area contributed by atoms with Gasteiger partial charge < -0.3 is 11.1 Å². The summed E-state index contributed by atoms with van der Waals surface area (Å²) in [5.41, 5.74) is 6.38. The van der Waals surface area contributed by atoms with Gasteiger partial charge in [-0.15, -0.1) is 0 Å². The van der Waals surface area contributed by atoms with Crippen LogP contribution in [0.1, 0.15) is 13.8 Å². The SMILES string of the molecule is CC(C)C(CN)C(=O)Nc1cccc(Br)c1. The van der Waals surface area contributed by atoms with E-state index in [-0.39, 0.29) is 17.7 Å². The third-order valence-electron chi connectivity index (χ3n) is 2.49. The Morgan fingerprint density at radius 2 is 2.19 bits per heavy atom. The molecule has 0 aliphatic heterocycles. The average Bonchev–Trinajstić information content (AvgIpc) is 2.17. The molecular weight excluding hydrogens is 268 g/mol. The Labute approximate surface area is 105 Å². The highest BCUT2D eigenvalue weighted by Gasteiger charge is 2.20. The molecule has 0 fully saturated rings. The molecule has 0 spiro atoms. The fourth-order valence-electron chi connectivity index (χ4n) is 1.48. The third-order valence-corrected chi connectivity index (χ3v) is 2.98. The van der Waals surface area contributed by atoms with Crippen LogP contribution in [0.15, 0.2) is 28.7 Å². The molecule has 16 heavy (non-hydrogen) atoms. The van der Waals surface area contributed by atoms with Gasteiger partial charge in [0, 0.05) is 16.7 Å². The second kappa shape index (κ2) is 6.01. The normalized spacial score (nSPS) is 12.6. The van der Waals surface area contributed by atoms with E-state index in [9.17, 15) is 4.79 Å². The quantitative estimate of drug-likeness (QED) is 0.893. The smallest absolute Gasteiger partial charge is 0.229 e. The van der Waals surface area contributed by atoms with E-state index in [4.69, 9.17) is 5.73 Å². The van der Waals surface area contributed by atoms with Gasteiger partial charge in [-0.1, -0.05) is 35.8 Å². The monoisotopic (exact) mass is 284 g/mol. The summed E-state index contributed by atoms with van der Waals surface area (Å²) < 4.78 is 0.944. The van der Waals surface area contributed by atoms with Gasteiger partial charge in [0.05, 0.1) is 5.92 Å². The van der Waals surface area contributed by atoms with Crippen LogP contribution in [-0.4, -0.2) is 12.5 Å². The first-order chi connectivity index (χ1) is 7.54. The van der Waals surface area contributed by atoms with Gasteiger partial charge in [-0.25, -0.2) is 0 Å². The van der Waals surface area contributed by atoms with E-state index in [0.717, 1.165) is 10.2 Å². The molecule has 0 aromatic heterocycles. The number of benzene rings is 1. The van der Waals surface area contributed by atoms with Crippen LogP contribution < -0.4 is 11.1 Å². The van der Waals surface area contributed by atoms with Crippen LogP contribution in [0.2, 0.25) is 0 Å². The lowest BCUT2D eigenvalue weighted by Crippen LogP contribution is -2.33. The zero-order chi connectivity index (χ0) is 12.1. The van der Waals surface area contributed by atoms with Gasteiger partial charge in [-0.2, -0.15) is 0 Å². The first-order valence-corrected chi connectivity index (χ1v) is 6.10. The summed E-state index contributed by atoms with van der Waals surface area (Å²) in [7, 11) is 0. The van der Waals surface area contributed by atoms with Crippen LogP contribution >= 0.6 is 15.9 Å². The maximum absolute atomic E-state index is 11.9. The summed E-state index contributed by atoms with van der Waals surface area (Å²) >= 11 is 3.36. The first kappa shape index (κ1) is 13.2. The summed E-state index contributed by atoms with van der Waals surface area (Å²) in [6.45, 7) is 4.37. The van der Waals surface area contributed by atoms with E-state index >= 15 is 0 Å². The number of nitrogens with one attached hydrogen (secondary N) is 1. The molecule has 0 bridgehead atoms. The van der Waals surface area contributed by atoms with Crippen molar-refractivity contribution >= 4 is 27.5 Å². The lowest BCUT2D eigenvalue weighted by molar-refractivity contribution is -0.120. The van der Waals surface area contributed by atoms with E-state index in [1.54, 1.807) is 0 Å². The molecule has 0 aliphatic carbocycles. The van der Waals surface area contributed by atoms with Gasteiger partial charge in [0.1, 0.15) is 0 Å². The number of anilines is 1. The molecule has 88 valence electrons. The highest BCUT2D eigenvalue weighted by Crippen LogP contribution is 2.18. The largest absolute Gasteiger partial charge is 0.330 e. The van der Waals surface area contributed by atoms with E-state index in [1.165, 1.54) is 0 Å². The number of carbonyl (C=O) groups excluding carboxylic acids is 1. The molecule has 1 unspecified atom stereocenters. The number of hydrogen-bond acceptors (Lipinski definition) is 2. The lowest BCUT2D eigenvalue weighted by Gasteiger charge is -2.18. The molecule has 3 N–H and O–H groups in total. The van der Waals surface area contributed by atoms with Gasteiger partial charge in [-0.3, -0.25) is 4.79 Å². The molecule has 1 rings (SSSR count). The highest BCUT2D eigenvalue weighted by molar-refractivity contribution is 9.10. The summed E-state index contributed by atoms with van der Waals surface area (Å²) in [4.78, 5) is 11.9. The molecule has 3 nitrogen and oxygen atoms in total. The average molecular weight is 285 g/mol. The van der Waals surface area contributed by atoms with E-state index in [2.05, 4.69) is 21.2 Å². The van der Waals surface area contributed by atoms with Crippen LogP contribution in [0.25, 0.3) is 0 Å². The zero-order valence-corrected chi connectivity index (χ0v) is 11.1. The molecule has 0 radical (unpaired) electrons. The van der Waals surface area contributed by atoms with Crippen molar-refractivity contribution in [3.05, 3.63) is 28.7 Å². The van der Waals surface area contributed by atoms with Crippen molar-refractivity contribution in [2.75, 3.05) is 11.9 Å². The topological polar surface area (TPSA) is 55.1 Å². The minimum absolute atomic E-state index is 0.0180. The molecule has 0 aliphatic rings. The summed E-state index contributed by atoms with van der Waals surface area (Å²) in [5.74, 6) is 0.0896. The predicted molar refractivity (Wildman–Crippen MR) is 70.2 cm³/mol. The number of nitrogens with two attached hydrogens (primary N) is 1. The van der Waals surface area contributed by atoms with Crippen LogP contribution in [0, 0.1) is 11.8 Å². The van der Waals surface area contributed by atoms with Gasteiger partial charge in [0.2, 0.25) is 5.91 Å². The summed E-state index contributed by atoms with van der Waals surface area (Å²) in [6.07, 6.45) is 0. The van der Waals surface area contributed by atoms with E-state index in [1.807, 2.05) is 38.1 Å². The van der Waals surface area contributed by atoms with Crippen molar-refractivity contribution < 1.29 is 4.79 Å². The van der Waals surface area contributed by atoms with Gasteiger partial charge >= 0.3 is 0 Å². The second-order valence-electron chi connectivity index (χ2n) is 4.09. The van der Waals surface area contributed by atoms with Crippen molar-refractivity contribution in [3.63, 3.8) is 0 Å². The van der Waals surface area contributed by atoms with Crippen LogP contribution in [-0.2, 0) is 4.79 Å². The van der Waals surface area contributed by atoms with Crippen molar-refractivity contribution in [2.24, 2.45) is 17.6 Å². The Morgan fingerprint density at radius 1 is 1.50 bits per heavy atom. The van der Waals surface area contributed by atoms with Gasteiger partial charge in [0.25, 0.3) is 0 Å². The molecule has 4 heteroatoms. The predicted octanol–water partition coefficient (Wildman–Crippen LogP) is 2.62. The molecule has 0 saturated heterocycles. The van der Waals surface area contributed by atoms with Crippen molar-refractivity contribution in [1.29, 1.82) is 0 Å². The summed E-state index contributed by atoms with van der Waals surface area (Å²) in [5, 5.41) is 2.87. The van der Waals surface area contributed by atoms with Crippen LogP contribution in [0.4, 0.5) is 5.69 Å². The molecule has 1 amide bonds. The minimum Gasteiger partial charge on any atom is -0.330 e. The van der Waals surface area contributed by atoms with Crippen molar-refractivity contribution in [3.8, 4) is 0 Å². The zero-order valence-electron chi connectivity index (χ0n) is 9.53. The number of halogens is 1. The van der Waals surface area contributed by atoms with E-state index in [0.29, 0.717) is 6.54 Å². The molecule has 1 atom stereocenters. The minimum atomic E-state index is -0.140. The fourth-order valence-corrected chi connectivity index (χ4v) is 1.88. The maximum Gasteiger partial charge on any atom is 0.229 e. The van der Waals surface area contributed by atoms with Gasteiger partial charge in [0.15, 0.2) is 0 Å². The van der Waals surface area contributed by atoms with Gasteiger partial charge in [-0.05, 0) is 24.1 Å². The Morgan fingerprint density at radius 3 is 2.69 bits per heavy atom. The Hall–Kier alpha value is -0.870. The standard InChI is InChI=1S/C12H17BrN2O/c1-8(2)11(7-14)12(16)15-10-5-3-4-9(13)6-10/h3-6,8,11H,7,14H2,1-2H3,(H,15,16). The third kappa shape index (κ3) is 3.61. The van der Waals surface area contributed by atoms with Crippen LogP contribution in [0.5, 0.6) is 0 Å². The highest BCUT2D eigenvalue weighted by atomic mass is 79.9. The Bertz CT molecular complexity index is 366. The Balaban J connectivity index is 2.70. The molecule has 0 heterocycles. The number of amides is 1. The van der Waals surface area contributed by atoms with Crippen LogP contribution in [0.3, 0.4) is 0 Å². The maximum atomic E-state index is 11.9. The van der Waals surface area contributed by atoms with Crippen molar-refractivity contribution in [1.82, 2.24) is 0 Å². The second-order valence-corrected chi connectivity index (χ2v) is 5.00. The lowest BCUT2D eigenvalue weighted by atomic mass is 9.95. The molecule has 0 saturated carbocycles. The number of rotatable bonds is 4. The summed E-state index contributed by atoms with van der Waals surface area (Å²) in [6, 6.07) is 7.52. The fraction of sp³-hybridized carbons (Fsp3) is 0.417. The molecule has 1 aromatic rings. The number of hydrogen-bond donors (Lipinski definition) is 2. The molecular formula is C12H17BrN2O. The van der Waals surface area contributed by atoms with E-state index < -0.39 is 0 Å². The Kier molecular flexibility index (Phi) is 4.96. The first-order valence-electron chi connectivity index (χ1n) is 5.31. The number of carbonyl (C=O) groups is 1. The van der Waals surface area contributed by atoms with Crippen molar-refractivity contribution in [2.45, 2.75) is 13.8 Å².